The fourth-order valence-electron chi connectivity index (χ4n) is 2.86. The molecule has 1 N–H and O–H groups in total. The van der Waals surface area contributed by atoms with Gasteiger partial charge in [-0.25, -0.2) is 0 Å². The van der Waals surface area contributed by atoms with Crippen molar-refractivity contribution in [2.45, 2.75) is 0 Å². The van der Waals surface area contributed by atoms with Crippen molar-refractivity contribution in [1.29, 1.82) is 0 Å². The summed E-state index contributed by atoms with van der Waals surface area (Å²) in [5.41, 5.74) is 2.07. The first-order valence-electron chi connectivity index (χ1n) is 7.94. The Morgan fingerprint density at radius 1 is 0.885 bits per heavy atom. The average Bonchev–Trinajstić information content (AvgIpc) is 3.34. The second-order valence-corrected chi connectivity index (χ2v) is 29.8. The van der Waals surface area contributed by atoms with Gasteiger partial charge in [-0.1, -0.05) is 0 Å². The van der Waals surface area contributed by atoms with Gasteiger partial charge in [0.05, 0.1) is 0 Å². The monoisotopic (exact) mass is 561 g/mol. The Morgan fingerprint density at radius 2 is 1.54 bits per heavy atom. The zero-order valence-corrected chi connectivity index (χ0v) is 21.2. The van der Waals surface area contributed by atoms with Crippen LogP contribution in [-0.2, 0) is 0 Å². The van der Waals surface area contributed by atoms with E-state index in [4.69, 9.17) is 4.98 Å². The summed E-state index contributed by atoms with van der Waals surface area (Å²) in [6.45, 7) is 0. The molecular weight excluding hydrogens is 548 g/mol. The van der Waals surface area contributed by atoms with Gasteiger partial charge in [0, 0.05) is 0 Å². The number of hydrogen-bond acceptors (Lipinski definition) is 8. The zero-order chi connectivity index (χ0) is 17.7. The number of phenols is 1. The van der Waals surface area contributed by atoms with Crippen LogP contribution in [0.5, 0.6) is 5.75 Å². The van der Waals surface area contributed by atoms with Crippen LogP contribution in [0.3, 0.4) is 0 Å². The molecule has 2 fully saturated rings. The molecular formula is C16H13As2NO2S5. The van der Waals surface area contributed by atoms with E-state index in [2.05, 4.69) is 0 Å². The molecule has 10 heteroatoms. The molecule has 0 aromatic heterocycles. The van der Waals surface area contributed by atoms with Crippen LogP contribution in [0.1, 0.15) is 0 Å². The second kappa shape index (κ2) is 7.77. The standard InChI is InChI=1S/C16H13As2NO2S5/c20-11-3-1-9-15(13(11)17-22-5-6-23-17)26-16-10(19-9)2-4-12(21)14(16)18-24-7-8-25-18/h1-4,20H,5-8H2. The predicted molar refractivity (Wildman–Crippen MR) is 125 cm³/mol. The number of benzene rings is 2. The van der Waals surface area contributed by atoms with Gasteiger partial charge in [-0.15, -0.1) is 0 Å². The first-order valence-corrected chi connectivity index (χ1v) is 23.6. The van der Waals surface area contributed by atoms with E-state index in [1.807, 2.05) is 52.2 Å². The SMILES string of the molecule is O=c1ccc2nc3ccc(O)c([As]4SCCS4)c3sc-2c1[As]1SCCS1. The van der Waals surface area contributed by atoms with Gasteiger partial charge in [0.1, 0.15) is 0 Å². The van der Waals surface area contributed by atoms with Crippen LogP contribution in [0.25, 0.3) is 20.8 Å². The summed E-state index contributed by atoms with van der Waals surface area (Å²) in [5, 5.41) is 10.6. The van der Waals surface area contributed by atoms with Gasteiger partial charge in [0.25, 0.3) is 0 Å². The van der Waals surface area contributed by atoms with Gasteiger partial charge in [-0.3, -0.25) is 0 Å². The molecule has 0 spiro atoms. The minimum absolute atomic E-state index is 0.181. The van der Waals surface area contributed by atoms with Crippen molar-refractivity contribution in [2.75, 3.05) is 23.0 Å². The molecule has 3 aliphatic heterocycles. The van der Waals surface area contributed by atoms with Crippen LogP contribution in [0.2, 0.25) is 0 Å². The third kappa shape index (κ3) is 3.28. The van der Waals surface area contributed by atoms with Crippen LogP contribution in [0.4, 0.5) is 0 Å². The van der Waals surface area contributed by atoms with Crippen molar-refractivity contribution in [3.8, 4) is 16.3 Å². The molecule has 1 aromatic carbocycles. The number of aromatic hydroxyl groups is 1. The molecule has 5 rings (SSSR count). The molecule has 0 radical (unpaired) electrons. The van der Waals surface area contributed by atoms with E-state index in [-0.39, 0.29) is 5.43 Å². The molecule has 1 aliphatic carbocycles. The van der Waals surface area contributed by atoms with Gasteiger partial charge in [0.15, 0.2) is 0 Å². The quantitative estimate of drug-likeness (QED) is 0.382. The van der Waals surface area contributed by atoms with Crippen LogP contribution < -0.4 is 14.1 Å². The topological polar surface area (TPSA) is 50.2 Å². The summed E-state index contributed by atoms with van der Waals surface area (Å²) < 4.78 is 3.29. The minimum atomic E-state index is -1.41. The summed E-state index contributed by atoms with van der Waals surface area (Å²) in [6, 6.07) is 7.31. The molecule has 0 saturated carbocycles. The molecule has 1 aromatic rings. The van der Waals surface area contributed by atoms with Crippen molar-refractivity contribution >= 4 is 95.0 Å². The Labute approximate surface area is 177 Å². The van der Waals surface area contributed by atoms with E-state index in [1.165, 1.54) is 11.5 Å². The summed E-state index contributed by atoms with van der Waals surface area (Å²) in [5.74, 6) is 5.07. The maximum absolute atomic E-state index is 12.7. The number of fused-ring (bicyclic) bond motifs is 2. The summed E-state index contributed by atoms with van der Waals surface area (Å²) in [4.78, 5) is 18.7. The molecule has 2 saturated heterocycles. The number of nitrogens with zero attached hydrogens (tertiary/aromatic N) is 1. The molecule has 0 atom stereocenters. The molecule has 134 valence electrons. The van der Waals surface area contributed by atoms with Crippen LogP contribution >= 0.6 is 51.4 Å². The molecule has 0 bridgehead atoms. The Kier molecular flexibility index (Phi) is 5.56. The van der Waals surface area contributed by atoms with E-state index < -0.39 is 24.7 Å². The molecule has 4 aliphatic rings. The van der Waals surface area contributed by atoms with Gasteiger partial charge in [0.2, 0.25) is 0 Å². The summed E-state index contributed by atoms with van der Waals surface area (Å²) in [6.07, 6.45) is 0. The zero-order valence-electron chi connectivity index (χ0n) is 13.4. The van der Waals surface area contributed by atoms with Crippen molar-refractivity contribution in [3.63, 3.8) is 0 Å². The Morgan fingerprint density at radius 3 is 2.23 bits per heavy atom. The fourth-order valence-corrected chi connectivity index (χ4v) is 36.2. The molecule has 3 nitrogen and oxygen atoms in total. The van der Waals surface area contributed by atoms with Crippen LogP contribution in [0.15, 0.2) is 29.1 Å². The summed E-state index contributed by atoms with van der Waals surface area (Å²) in [7, 11) is 8.06. The number of hydrogen-bond donors (Lipinski definition) is 1. The Hall–Kier alpha value is 0.577. The number of rotatable bonds is 2. The van der Waals surface area contributed by atoms with Crippen LogP contribution in [0, 0.1) is 0 Å². The molecule has 26 heavy (non-hydrogen) atoms. The molecule has 3 heterocycles. The van der Waals surface area contributed by atoms with Gasteiger partial charge >= 0.3 is 179 Å². The molecule has 0 unspecified atom stereocenters. The first kappa shape index (κ1) is 18.6. The summed E-state index contributed by atoms with van der Waals surface area (Å²) >= 11 is -1.07. The predicted octanol–water partition coefficient (Wildman–Crippen LogP) is 2.82. The average molecular weight is 561 g/mol. The van der Waals surface area contributed by atoms with Gasteiger partial charge < -0.3 is 0 Å². The third-order valence-corrected chi connectivity index (χ3v) is 33.2. The van der Waals surface area contributed by atoms with E-state index in [0.717, 1.165) is 41.0 Å². The van der Waals surface area contributed by atoms with Crippen molar-refractivity contribution < 1.29 is 5.11 Å². The fraction of sp³-hybridized carbons (Fsp3) is 0.250. The third-order valence-electron chi connectivity index (χ3n) is 3.97. The Bertz CT molecular complexity index is 1020. The van der Waals surface area contributed by atoms with Gasteiger partial charge in [-0.05, 0) is 0 Å². The van der Waals surface area contributed by atoms with Crippen molar-refractivity contribution in [3.05, 3.63) is 34.5 Å². The van der Waals surface area contributed by atoms with Gasteiger partial charge in [-0.2, -0.15) is 0 Å². The second-order valence-electron chi connectivity index (χ2n) is 5.60. The molecule has 0 amide bonds. The van der Waals surface area contributed by atoms with E-state index in [9.17, 15) is 9.90 Å². The van der Waals surface area contributed by atoms with E-state index in [0.29, 0.717) is 5.75 Å². The number of phenolic OH excluding ortho intramolecular Hbond substituents is 1. The Balaban J connectivity index is 1.80. The van der Waals surface area contributed by atoms with E-state index in [1.54, 1.807) is 23.5 Å². The first-order chi connectivity index (χ1) is 12.7. The van der Waals surface area contributed by atoms with E-state index >= 15 is 0 Å². The normalized spacial score (nSPS) is 19.1. The number of aromatic nitrogens is 1. The van der Waals surface area contributed by atoms with Crippen molar-refractivity contribution in [2.24, 2.45) is 0 Å². The van der Waals surface area contributed by atoms with Crippen LogP contribution in [-0.4, -0.2) is 57.8 Å². The van der Waals surface area contributed by atoms with Crippen molar-refractivity contribution in [1.82, 2.24) is 4.98 Å². The maximum atomic E-state index is 12.7.